The number of piperidine rings is 1. The first-order valence-corrected chi connectivity index (χ1v) is 12.2. The van der Waals surface area contributed by atoms with Gasteiger partial charge in [0.15, 0.2) is 0 Å². The van der Waals surface area contributed by atoms with Crippen molar-refractivity contribution in [3.05, 3.63) is 65.2 Å². The normalized spacial score (nSPS) is 15.3. The molecule has 1 saturated heterocycles. The molecule has 0 aliphatic carbocycles. The fourth-order valence-electron chi connectivity index (χ4n) is 3.65. The van der Waals surface area contributed by atoms with Gasteiger partial charge in [-0.3, -0.25) is 4.79 Å². The number of amides is 1. The number of sulfonamides is 1. The van der Waals surface area contributed by atoms with Crippen molar-refractivity contribution in [1.29, 1.82) is 0 Å². The number of nitrogens with zero attached hydrogens (tertiary/aromatic N) is 1. The second-order valence-electron chi connectivity index (χ2n) is 8.28. The molecule has 0 spiro atoms. The van der Waals surface area contributed by atoms with E-state index in [1.807, 2.05) is 0 Å². The maximum atomic E-state index is 12.7. The standard InChI is InChI=1S/C24H32N2O3S/c1-19(2)22-11-6-20(7-12-22)10-15-24(27)25-18-21-8-13-23(14-9-21)30(28,29)26-16-4-3-5-17-26/h6-9,11-14,19H,3-5,10,15-18H2,1-2H3,(H,25,27). The number of aryl methyl sites for hydroxylation is 1. The van der Waals surface area contributed by atoms with Crippen LogP contribution in [-0.4, -0.2) is 31.7 Å². The van der Waals surface area contributed by atoms with Crippen molar-refractivity contribution in [2.75, 3.05) is 13.1 Å². The van der Waals surface area contributed by atoms with Crippen molar-refractivity contribution in [2.24, 2.45) is 0 Å². The molecular formula is C24H32N2O3S. The molecule has 0 aromatic heterocycles. The Balaban J connectivity index is 1.48. The number of benzene rings is 2. The molecule has 2 aromatic rings. The first-order valence-electron chi connectivity index (χ1n) is 10.8. The summed E-state index contributed by atoms with van der Waals surface area (Å²) >= 11 is 0. The van der Waals surface area contributed by atoms with Crippen molar-refractivity contribution in [1.82, 2.24) is 9.62 Å². The Labute approximate surface area is 180 Å². The minimum absolute atomic E-state index is 0.00653. The van der Waals surface area contributed by atoms with Gasteiger partial charge in [0.1, 0.15) is 0 Å². The zero-order chi connectivity index (χ0) is 21.6. The van der Waals surface area contributed by atoms with E-state index in [0.29, 0.717) is 43.3 Å². The molecular weight excluding hydrogens is 396 g/mol. The van der Waals surface area contributed by atoms with Crippen molar-refractivity contribution in [3.63, 3.8) is 0 Å². The van der Waals surface area contributed by atoms with E-state index in [4.69, 9.17) is 0 Å². The Kier molecular flexibility index (Phi) is 7.67. The Hall–Kier alpha value is -2.18. The molecule has 2 aromatic carbocycles. The SMILES string of the molecule is CC(C)c1ccc(CCC(=O)NCc2ccc(S(=O)(=O)N3CCCCC3)cc2)cc1. The first kappa shape index (κ1) is 22.5. The number of hydrogen-bond donors (Lipinski definition) is 1. The second-order valence-corrected chi connectivity index (χ2v) is 10.2. The van der Waals surface area contributed by atoms with Crippen LogP contribution in [0.5, 0.6) is 0 Å². The summed E-state index contributed by atoms with van der Waals surface area (Å²) in [7, 11) is -3.41. The third-order valence-corrected chi connectivity index (χ3v) is 7.57. The van der Waals surface area contributed by atoms with E-state index in [-0.39, 0.29) is 5.91 Å². The fraction of sp³-hybridized carbons (Fsp3) is 0.458. The second kappa shape index (κ2) is 10.2. The molecule has 1 fully saturated rings. The highest BCUT2D eigenvalue weighted by molar-refractivity contribution is 7.89. The lowest BCUT2D eigenvalue weighted by molar-refractivity contribution is -0.121. The molecule has 30 heavy (non-hydrogen) atoms. The number of carbonyl (C=O) groups excluding carboxylic acids is 1. The van der Waals surface area contributed by atoms with Crippen LogP contribution in [0.1, 0.15) is 62.1 Å². The van der Waals surface area contributed by atoms with Gasteiger partial charge in [0.25, 0.3) is 0 Å². The maximum absolute atomic E-state index is 12.7. The van der Waals surface area contributed by atoms with Crippen molar-refractivity contribution in [2.45, 2.75) is 63.3 Å². The van der Waals surface area contributed by atoms with Gasteiger partial charge in [-0.1, -0.05) is 56.7 Å². The van der Waals surface area contributed by atoms with E-state index >= 15 is 0 Å². The Morgan fingerprint density at radius 3 is 2.13 bits per heavy atom. The summed E-state index contributed by atoms with van der Waals surface area (Å²) in [6, 6.07) is 15.3. The first-order chi connectivity index (χ1) is 14.4. The molecule has 0 bridgehead atoms. The Morgan fingerprint density at radius 1 is 0.933 bits per heavy atom. The van der Waals surface area contributed by atoms with Crippen molar-refractivity contribution in [3.8, 4) is 0 Å². The van der Waals surface area contributed by atoms with Crippen LogP contribution in [0, 0.1) is 0 Å². The lowest BCUT2D eigenvalue weighted by Gasteiger charge is -2.25. The summed E-state index contributed by atoms with van der Waals surface area (Å²) in [6.45, 7) is 5.92. The quantitative estimate of drug-likeness (QED) is 0.684. The molecule has 1 amide bonds. The fourth-order valence-corrected chi connectivity index (χ4v) is 5.17. The largest absolute Gasteiger partial charge is 0.352 e. The third kappa shape index (κ3) is 5.92. The highest BCUT2D eigenvalue weighted by atomic mass is 32.2. The molecule has 6 heteroatoms. The predicted molar refractivity (Wildman–Crippen MR) is 120 cm³/mol. The van der Waals surface area contributed by atoms with Crippen LogP contribution in [0.4, 0.5) is 0 Å². The van der Waals surface area contributed by atoms with E-state index in [1.165, 1.54) is 5.56 Å². The summed E-state index contributed by atoms with van der Waals surface area (Å²) in [5, 5.41) is 2.92. The summed E-state index contributed by atoms with van der Waals surface area (Å²) in [5.74, 6) is 0.497. The molecule has 0 radical (unpaired) electrons. The molecule has 0 saturated carbocycles. The molecule has 0 atom stereocenters. The van der Waals surface area contributed by atoms with Gasteiger partial charge in [0.2, 0.25) is 15.9 Å². The van der Waals surface area contributed by atoms with Gasteiger partial charge in [-0.05, 0) is 54.0 Å². The van der Waals surface area contributed by atoms with E-state index in [1.54, 1.807) is 28.6 Å². The maximum Gasteiger partial charge on any atom is 0.243 e. The zero-order valence-electron chi connectivity index (χ0n) is 17.9. The molecule has 3 rings (SSSR count). The van der Waals surface area contributed by atoms with Crippen LogP contribution < -0.4 is 5.32 Å². The van der Waals surface area contributed by atoms with E-state index in [0.717, 1.165) is 30.4 Å². The van der Waals surface area contributed by atoms with Gasteiger partial charge in [0, 0.05) is 26.1 Å². The molecule has 0 unspecified atom stereocenters. The molecule has 1 heterocycles. The smallest absolute Gasteiger partial charge is 0.243 e. The summed E-state index contributed by atoms with van der Waals surface area (Å²) in [5.41, 5.74) is 3.35. The number of hydrogen-bond acceptors (Lipinski definition) is 3. The van der Waals surface area contributed by atoms with Gasteiger partial charge in [-0.2, -0.15) is 4.31 Å². The number of nitrogens with one attached hydrogen (secondary N) is 1. The van der Waals surface area contributed by atoms with Gasteiger partial charge >= 0.3 is 0 Å². The monoisotopic (exact) mass is 428 g/mol. The molecule has 162 valence electrons. The van der Waals surface area contributed by atoms with Crippen molar-refractivity contribution >= 4 is 15.9 Å². The lowest BCUT2D eigenvalue weighted by Crippen LogP contribution is -2.35. The molecule has 1 aliphatic rings. The summed E-state index contributed by atoms with van der Waals surface area (Å²) in [6.07, 6.45) is 4.07. The number of carbonyl (C=O) groups is 1. The van der Waals surface area contributed by atoms with Crippen LogP contribution in [-0.2, 0) is 27.8 Å². The molecule has 1 N–H and O–H groups in total. The Bertz CT molecular complexity index is 929. The van der Waals surface area contributed by atoms with E-state index < -0.39 is 10.0 Å². The molecule has 1 aliphatic heterocycles. The average molecular weight is 429 g/mol. The predicted octanol–water partition coefficient (Wildman–Crippen LogP) is 4.23. The topological polar surface area (TPSA) is 66.5 Å². The number of rotatable bonds is 8. The zero-order valence-corrected chi connectivity index (χ0v) is 18.7. The Morgan fingerprint density at radius 2 is 1.53 bits per heavy atom. The lowest BCUT2D eigenvalue weighted by atomic mass is 10.0. The van der Waals surface area contributed by atoms with Crippen molar-refractivity contribution < 1.29 is 13.2 Å². The molecule has 5 nitrogen and oxygen atoms in total. The van der Waals surface area contributed by atoms with E-state index in [9.17, 15) is 13.2 Å². The highest BCUT2D eigenvalue weighted by Gasteiger charge is 2.25. The average Bonchev–Trinajstić information content (AvgIpc) is 2.77. The van der Waals surface area contributed by atoms with Crippen LogP contribution in [0.15, 0.2) is 53.4 Å². The highest BCUT2D eigenvalue weighted by Crippen LogP contribution is 2.21. The summed E-state index contributed by atoms with van der Waals surface area (Å²) in [4.78, 5) is 12.5. The van der Waals surface area contributed by atoms with Crippen LogP contribution in [0.2, 0.25) is 0 Å². The van der Waals surface area contributed by atoms with E-state index in [2.05, 4.69) is 43.4 Å². The van der Waals surface area contributed by atoms with Gasteiger partial charge < -0.3 is 5.32 Å². The minimum Gasteiger partial charge on any atom is -0.352 e. The van der Waals surface area contributed by atoms with Gasteiger partial charge in [-0.25, -0.2) is 8.42 Å². The van der Waals surface area contributed by atoms with Crippen LogP contribution >= 0.6 is 0 Å². The van der Waals surface area contributed by atoms with Gasteiger partial charge in [0.05, 0.1) is 4.90 Å². The van der Waals surface area contributed by atoms with Crippen LogP contribution in [0.3, 0.4) is 0 Å². The minimum atomic E-state index is -3.41. The third-order valence-electron chi connectivity index (χ3n) is 5.65. The summed E-state index contributed by atoms with van der Waals surface area (Å²) < 4.78 is 27.0. The van der Waals surface area contributed by atoms with Gasteiger partial charge in [-0.15, -0.1) is 0 Å². The van der Waals surface area contributed by atoms with Crippen LogP contribution in [0.25, 0.3) is 0 Å².